The average Bonchev–Trinajstić information content (AvgIpc) is 3.55. The molecule has 0 saturated carbocycles. The molecule has 2 fully saturated rings. The van der Waals surface area contributed by atoms with Crippen molar-refractivity contribution < 1.29 is 23.9 Å². The first-order valence-electron chi connectivity index (χ1n) is 13.1. The molecule has 2 aromatic heterocycles. The topological polar surface area (TPSA) is 142 Å². The number of pyridine rings is 1. The van der Waals surface area contributed by atoms with Gasteiger partial charge in [0, 0.05) is 37.0 Å². The molecule has 1 aromatic carbocycles. The van der Waals surface area contributed by atoms with Gasteiger partial charge >= 0.3 is 0 Å². The van der Waals surface area contributed by atoms with Gasteiger partial charge in [0.25, 0.3) is 5.91 Å². The van der Waals surface area contributed by atoms with Crippen LogP contribution >= 0.6 is 0 Å². The van der Waals surface area contributed by atoms with Gasteiger partial charge in [-0.1, -0.05) is 26.0 Å². The quantitative estimate of drug-likeness (QED) is 0.474. The summed E-state index contributed by atoms with van der Waals surface area (Å²) in [5.74, 6) is -0.569. The largest absolute Gasteiger partial charge is 0.423 e. The summed E-state index contributed by atoms with van der Waals surface area (Å²) in [6.07, 6.45) is 2.28. The highest BCUT2D eigenvalue weighted by Crippen LogP contribution is 2.46. The minimum absolute atomic E-state index is 0.177. The zero-order chi connectivity index (χ0) is 27.4. The summed E-state index contributed by atoms with van der Waals surface area (Å²) in [6, 6.07) is 10.7. The summed E-state index contributed by atoms with van der Waals surface area (Å²) in [5, 5.41) is 22.0. The molecule has 2 atom stereocenters. The summed E-state index contributed by atoms with van der Waals surface area (Å²) in [6.45, 7) is 6.30. The Balaban J connectivity index is 1.16. The number of amides is 3. The minimum atomic E-state index is -1.19. The van der Waals surface area contributed by atoms with E-state index in [-0.39, 0.29) is 24.8 Å². The predicted molar refractivity (Wildman–Crippen MR) is 138 cm³/mol. The molecule has 0 bridgehead atoms. The molecule has 0 unspecified atom stereocenters. The third-order valence-corrected chi connectivity index (χ3v) is 8.29. The molecule has 0 radical (unpaired) electrons. The maximum absolute atomic E-state index is 13.1. The van der Waals surface area contributed by atoms with Crippen LogP contribution < -0.4 is 5.32 Å². The van der Waals surface area contributed by atoms with E-state index in [9.17, 15) is 19.5 Å². The fourth-order valence-electron chi connectivity index (χ4n) is 6.01. The van der Waals surface area contributed by atoms with Crippen LogP contribution in [0.3, 0.4) is 0 Å². The van der Waals surface area contributed by atoms with E-state index >= 15 is 0 Å². The lowest BCUT2D eigenvalue weighted by Gasteiger charge is -2.50. The van der Waals surface area contributed by atoms with Gasteiger partial charge in [0.05, 0.1) is 23.5 Å². The van der Waals surface area contributed by atoms with Crippen molar-refractivity contribution in [1.29, 1.82) is 0 Å². The van der Waals surface area contributed by atoms with E-state index in [1.54, 1.807) is 12.1 Å². The zero-order valence-corrected chi connectivity index (χ0v) is 21.9. The van der Waals surface area contributed by atoms with Gasteiger partial charge in [-0.2, -0.15) is 0 Å². The van der Waals surface area contributed by atoms with Crippen LogP contribution in [0.5, 0.6) is 0 Å². The monoisotopic (exact) mass is 530 g/mol. The van der Waals surface area contributed by atoms with Crippen LogP contribution in [0, 0.1) is 5.41 Å². The lowest BCUT2D eigenvalue weighted by atomic mass is 9.68. The highest BCUT2D eigenvalue weighted by Gasteiger charge is 2.50. The van der Waals surface area contributed by atoms with Crippen molar-refractivity contribution in [3.05, 3.63) is 65.3 Å². The maximum atomic E-state index is 13.1. The second kappa shape index (κ2) is 9.35. The number of aromatic nitrogens is 3. The van der Waals surface area contributed by atoms with Gasteiger partial charge in [-0.25, -0.2) is 0 Å². The molecule has 11 heteroatoms. The van der Waals surface area contributed by atoms with E-state index in [1.165, 1.54) is 11.3 Å². The number of hydrogen-bond acceptors (Lipinski definition) is 9. The molecule has 2 N–H and O–H groups in total. The molecule has 5 heterocycles. The molecule has 2 saturated heterocycles. The Morgan fingerprint density at radius 2 is 1.92 bits per heavy atom. The number of nitrogens with zero attached hydrogens (tertiary/aromatic N) is 5. The number of imide groups is 1. The number of rotatable bonds is 5. The van der Waals surface area contributed by atoms with Crippen molar-refractivity contribution in [2.45, 2.75) is 57.8 Å². The fraction of sp³-hybridized carbons (Fsp3) is 0.429. The van der Waals surface area contributed by atoms with Gasteiger partial charge in [0.1, 0.15) is 11.6 Å². The normalized spacial score (nSPS) is 25.1. The van der Waals surface area contributed by atoms with Gasteiger partial charge in [-0.15, -0.1) is 10.2 Å². The predicted octanol–water partition coefficient (Wildman–Crippen LogP) is 2.01. The van der Waals surface area contributed by atoms with Crippen molar-refractivity contribution in [3.63, 3.8) is 0 Å². The lowest BCUT2D eigenvalue weighted by molar-refractivity contribution is -0.137. The third-order valence-electron chi connectivity index (χ3n) is 8.29. The molecule has 3 aliphatic rings. The molecule has 3 aliphatic heterocycles. The van der Waals surface area contributed by atoms with Crippen molar-refractivity contribution in [1.82, 2.24) is 30.3 Å². The molecule has 11 nitrogen and oxygen atoms in total. The van der Waals surface area contributed by atoms with Crippen LogP contribution in [-0.2, 0) is 28.3 Å². The summed E-state index contributed by atoms with van der Waals surface area (Å²) >= 11 is 0. The summed E-state index contributed by atoms with van der Waals surface area (Å²) in [7, 11) is 0. The molecule has 3 amide bonds. The number of benzene rings is 1. The van der Waals surface area contributed by atoms with Gasteiger partial charge < -0.3 is 14.4 Å². The van der Waals surface area contributed by atoms with Gasteiger partial charge in [0.2, 0.25) is 24.1 Å². The summed E-state index contributed by atoms with van der Waals surface area (Å²) in [4.78, 5) is 45.5. The number of aliphatic hydroxyl groups is 1. The highest BCUT2D eigenvalue weighted by atomic mass is 16.4. The van der Waals surface area contributed by atoms with Crippen molar-refractivity contribution in [2.24, 2.45) is 5.41 Å². The Bertz CT molecular complexity index is 1440. The zero-order valence-electron chi connectivity index (χ0n) is 21.9. The average molecular weight is 531 g/mol. The van der Waals surface area contributed by atoms with Crippen molar-refractivity contribution >= 4 is 17.7 Å². The number of carbonyl (C=O) groups excluding carboxylic acids is 3. The van der Waals surface area contributed by atoms with E-state index in [0.717, 1.165) is 17.7 Å². The Labute approximate surface area is 225 Å². The highest BCUT2D eigenvalue weighted by molar-refractivity contribution is 6.05. The van der Waals surface area contributed by atoms with Crippen LogP contribution in [0.4, 0.5) is 0 Å². The lowest BCUT2D eigenvalue weighted by Crippen LogP contribution is -2.55. The Hall–Kier alpha value is -3.96. The second-order valence-electron chi connectivity index (χ2n) is 11.2. The third kappa shape index (κ3) is 4.41. The SMILES string of the molecule is CC1(C)CN(Cc2ccc(-c3nnco3)cc2)CC[C@@]1(O)c1ccc2c(n1)CN([C@H]1CCC(=O)NC1=O)C2=O. The van der Waals surface area contributed by atoms with Crippen LogP contribution in [0.1, 0.15) is 60.4 Å². The van der Waals surface area contributed by atoms with Gasteiger partial charge in [0.15, 0.2) is 0 Å². The molecule has 202 valence electrons. The molecule has 6 rings (SSSR count). The van der Waals surface area contributed by atoms with Crippen LogP contribution in [-0.4, -0.2) is 66.9 Å². The van der Waals surface area contributed by atoms with Crippen LogP contribution in [0.15, 0.2) is 47.2 Å². The fourth-order valence-corrected chi connectivity index (χ4v) is 6.01. The summed E-state index contributed by atoms with van der Waals surface area (Å²) < 4.78 is 5.26. The standard InChI is InChI=1S/C28H30N6O5/c1-27(2)15-33(13-17-3-5-18(6-4-17)25-32-29-16-39-25)12-11-28(27,38)22-9-7-19-20(30-22)14-34(26(19)37)21-8-10-23(35)31-24(21)36/h3-7,9,16,21,38H,8,10-15H2,1-2H3,(H,31,35,36)/t21-,28+/m0/s1. The molecular weight excluding hydrogens is 500 g/mol. The van der Waals surface area contributed by atoms with Gasteiger partial charge in [-0.3, -0.25) is 29.6 Å². The first kappa shape index (κ1) is 25.3. The molecule has 0 spiro atoms. The van der Waals surface area contributed by atoms with Gasteiger partial charge in [-0.05, 0) is 42.7 Å². The number of hydrogen-bond donors (Lipinski definition) is 2. The molecule has 0 aliphatic carbocycles. The Morgan fingerprint density at radius 1 is 1.13 bits per heavy atom. The first-order chi connectivity index (χ1) is 18.6. The molecule has 3 aromatic rings. The Morgan fingerprint density at radius 3 is 2.62 bits per heavy atom. The number of likely N-dealkylation sites (tertiary alicyclic amines) is 1. The smallest absolute Gasteiger partial charge is 0.256 e. The van der Waals surface area contributed by atoms with E-state index in [0.29, 0.717) is 48.8 Å². The number of fused-ring (bicyclic) bond motifs is 1. The van der Waals surface area contributed by atoms with Crippen LogP contribution in [0.25, 0.3) is 11.5 Å². The van der Waals surface area contributed by atoms with E-state index in [2.05, 4.69) is 20.4 Å². The van der Waals surface area contributed by atoms with Crippen LogP contribution in [0.2, 0.25) is 0 Å². The van der Waals surface area contributed by atoms with E-state index < -0.39 is 23.0 Å². The summed E-state index contributed by atoms with van der Waals surface area (Å²) in [5.41, 5.74) is 1.81. The van der Waals surface area contributed by atoms with E-state index in [4.69, 9.17) is 9.40 Å². The number of piperidine rings is 2. The number of nitrogens with one attached hydrogen (secondary N) is 1. The second-order valence-corrected chi connectivity index (χ2v) is 11.2. The molecule has 39 heavy (non-hydrogen) atoms. The maximum Gasteiger partial charge on any atom is 0.256 e. The first-order valence-corrected chi connectivity index (χ1v) is 13.1. The van der Waals surface area contributed by atoms with E-state index in [1.807, 2.05) is 38.1 Å². The minimum Gasteiger partial charge on any atom is -0.423 e. The molecular formula is C28H30N6O5. The number of carbonyl (C=O) groups is 3. The van der Waals surface area contributed by atoms with Crippen molar-refractivity contribution in [3.8, 4) is 11.5 Å². The van der Waals surface area contributed by atoms with Crippen molar-refractivity contribution in [2.75, 3.05) is 13.1 Å². The Kier molecular flexibility index (Phi) is 6.07.